The summed E-state index contributed by atoms with van der Waals surface area (Å²) in [5, 5.41) is 5.52. The molecule has 0 amide bonds. The van der Waals surface area contributed by atoms with E-state index < -0.39 is 0 Å². The molecule has 12 bridgehead atoms. The number of aromatic nitrogens is 2. The van der Waals surface area contributed by atoms with Gasteiger partial charge >= 0.3 is 23.1 Å². The van der Waals surface area contributed by atoms with Gasteiger partial charge in [-0.25, -0.2) is 0 Å². The number of hydrogen-bond acceptors (Lipinski definition) is 0. The van der Waals surface area contributed by atoms with Gasteiger partial charge in [0.05, 0.1) is 22.1 Å². The summed E-state index contributed by atoms with van der Waals surface area (Å²) in [5.41, 5.74) is 11.9. The summed E-state index contributed by atoms with van der Waals surface area (Å²) in [6.45, 7) is 0. The van der Waals surface area contributed by atoms with Gasteiger partial charge in [-0.3, -0.25) is 0 Å². The van der Waals surface area contributed by atoms with Gasteiger partial charge in [-0.2, -0.15) is 19.3 Å². The molecule has 0 spiro atoms. The standard InChI is InChI=1S/C38H41N.C18H11Br2N.C10H15.BrH.Mg/c1-2-4-32(5-3-1)39-35-8-6-30(37-18-24-10-25(19-37)12-26(11-24)20-37)16-33(35)34-17-31(7-9-36(34)39)38-21-27-13-28(22-38)15-29(14-27)23-38;19-12-6-8-17-15(10-12)16-11-13(20)7-9-18(16)21(17)14-4-2-1-3-5-14;1-7-2-9-4-8(1)5-10(3-7)6-9;;/h1-9,16-17,24-29H,10-15,18-23H2;1-11H;7-9H,1-6H2;1H;/q;;-1;;+2/p-1. The topological polar surface area (TPSA) is 9.86 Å². The third-order valence-electron chi connectivity index (χ3n) is 20.5. The maximum Gasteiger partial charge on any atom is 2.00 e. The zero-order chi connectivity index (χ0) is 46.3. The summed E-state index contributed by atoms with van der Waals surface area (Å²) >= 11 is 7.16. The van der Waals surface area contributed by atoms with Crippen molar-refractivity contribution in [2.45, 2.75) is 126 Å². The van der Waals surface area contributed by atoms with E-state index in [0.29, 0.717) is 10.8 Å². The summed E-state index contributed by atoms with van der Waals surface area (Å²) < 4.78 is 7.06. The molecule has 2 heterocycles. The van der Waals surface area contributed by atoms with Gasteiger partial charge in [0.1, 0.15) is 0 Å². The van der Waals surface area contributed by atoms with Crippen LogP contribution in [0, 0.1) is 59.2 Å². The van der Waals surface area contributed by atoms with E-state index >= 15 is 0 Å². The van der Waals surface area contributed by atoms with Crippen molar-refractivity contribution in [3.63, 3.8) is 0 Å². The number of hydrogen-bond donors (Lipinski definition) is 0. The Kier molecular flexibility index (Phi) is 12.9. The van der Waals surface area contributed by atoms with Crippen LogP contribution in [0.4, 0.5) is 0 Å². The molecule has 12 fully saturated rings. The number of benzene rings is 6. The molecule has 0 aliphatic heterocycles. The average molecular weight is 1150 g/mol. The Labute approximate surface area is 471 Å². The fourth-order valence-electron chi connectivity index (χ4n) is 19.0. The Morgan fingerprint density at radius 2 is 0.653 bits per heavy atom. The van der Waals surface area contributed by atoms with Crippen LogP contribution in [-0.2, 0) is 10.8 Å². The second kappa shape index (κ2) is 19.0. The average Bonchev–Trinajstić information content (AvgIpc) is 3.85. The fourth-order valence-corrected chi connectivity index (χ4v) is 19.7. The molecular formula is C66H67Br3MgN2. The molecule has 0 atom stereocenters. The van der Waals surface area contributed by atoms with Gasteiger partial charge in [0.25, 0.3) is 0 Å². The Morgan fingerprint density at radius 1 is 0.361 bits per heavy atom. The number of rotatable bonds is 4. The van der Waals surface area contributed by atoms with Gasteiger partial charge in [0, 0.05) is 41.9 Å². The summed E-state index contributed by atoms with van der Waals surface area (Å²) in [6, 6.07) is 50.0. The van der Waals surface area contributed by atoms with Gasteiger partial charge in [-0.05, 0) is 219 Å². The third-order valence-corrected chi connectivity index (χ3v) is 21.5. The van der Waals surface area contributed by atoms with Crippen LogP contribution in [0.15, 0.2) is 142 Å². The second-order valence-corrected chi connectivity index (χ2v) is 27.0. The van der Waals surface area contributed by atoms with E-state index in [0.717, 1.165) is 62.2 Å². The van der Waals surface area contributed by atoms with Gasteiger partial charge in [0.15, 0.2) is 0 Å². The van der Waals surface area contributed by atoms with Crippen molar-refractivity contribution in [1.29, 1.82) is 0 Å². The summed E-state index contributed by atoms with van der Waals surface area (Å²) in [6.07, 6.45) is 27.1. The maximum absolute atomic E-state index is 3.58. The molecule has 12 aliphatic rings. The Bertz CT molecular complexity index is 3030. The van der Waals surface area contributed by atoms with Crippen molar-refractivity contribution >= 4 is 98.5 Å². The predicted octanol–water partition coefficient (Wildman–Crippen LogP) is 15.4. The van der Waals surface area contributed by atoms with Crippen LogP contribution in [-0.4, -0.2) is 32.2 Å². The molecule has 0 radical (unpaired) electrons. The molecule has 364 valence electrons. The maximum atomic E-state index is 3.58. The largest absolute Gasteiger partial charge is 2.00 e. The Hall–Kier alpha value is -2.87. The molecule has 6 heteroatoms. The minimum Gasteiger partial charge on any atom is -1.00 e. The molecule has 0 N–H and O–H groups in total. The minimum absolute atomic E-state index is 0. The van der Waals surface area contributed by atoms with Crippen LogP contribution in [0.5, 0.6) is 0 Å². The van der Waals surface area contributed by atoms with Crippen LogP contribution >= 0.6 is 31.9 Å². The molecule has 2 nitrogen and oxygen atoms in total. The minimum atomic E-state index is 0. The summed E-state index contributed by atoms with van der Waals surface area (Å²) in [4.78, 5) is 0. The first-order valence-corrected chi connectivity index (χ1v) is 29.3. The molecule has 0 saturated heterocycles. The van der Waals surface area contributed by atoms with Gasteiger partial charge in [-0.1, -0.05) is 117 Å². The Morgan fingerprint density at radius 3 is 0.972 bits per heavy atom. The number of fused-ring (bicyclic) bond motifs is 6. The molecule has 12 aliphatic carbocycles. The molecule has 6 aromatic carbocycles. The normalized spacial score (nSPS) is 32.1. The fraction of sp³-hybridized carbons (Fsp3) is 0.439. The summed E-state index contributed by atoms with van der Waals surface area (Å²) in [7, 11) is 0. The first kappa shape index (κ1) is 48.7. The number of para-hydroxylation sites is 2. The first-order chi connectivity index (χ1) is 34.3. The quantitative estimate of drug-likeness (QED) is 0.123. The van der Waals surface area contributed by atoms with Crippen molar-refractivity contribution < 1.29 is 17.0 Å². The van der Waals surface area contributed by atoms with E-state index in [-0.39, 0.29) is 40.0 Å². The van der Waals surface area contributed by atoms with Crippen LogP contribution < -0.4 is 17.0 Å². The molecule has 0 unspecified atom stereocenters. The third kappa shape index (κ3) is 8.38. The molecule has 8 aromatic rings. The summed E-state index contributed by atoms with van der Waals surface area (Å²) in [5.74, 6) is 11.3. The smallest absolute Gasteiger partial charge is 1.00 e. The molecule has 20 rings (SSSR count). The number of nitrogens with zero attached hydrogens (tertiary/aromatic N) is 2. The van der Waals surface area contributed by atoms with Crippen LogP contribution in [0.25, 0.3) is 55.0 Å². The zero-order valence-electron chi connectivity index (χ0n) is 41.9. The van der Waals surface area contributed by atoms with Crippen molar-refractivity contribution in [3.05, 3.63) is 159 Å². The molecule has 12 saturated carbocycles. The zero-order valence-corrected chi connectivity index (χ0v) is 48.0. The second-order valence-electron chi connectivity index (χ2n) is 25.2. The van der Waals surface area contributed by atoms with E-state index in [2.05, 4.69) is 168 Å². The molecule has 72 heavy (non-hydrogen) atoms. The first-order valence-electron chi connectivity index (χ1n) is 27.7. The van der Waals surface area contributed by atoms with E-state index in [1.165, 1.54) is 151 Å². The number of halogens is 3. The van der Waals surface area contributed by atoms with Gasteiger partial charge in [0.2, 0.25) is 0 Å². The molecular weight excluding hydrogens is 1080 g/mol. The van der Waals surface area contributed by atoms with Crippen molar-refractivity contribution in [1.82, 2.24) is 9.13 Å². The molecule has 2 aromatic heterocycles. The predicted molar refractivity (Wildman–Crippen MR) is 304 cm³/mol. The van der Waals surface area contributed by atoms with Crippen LogP contribution in [0.3, 0.4) is 0 Å². The van der Waals surface area contributed by atoms with Crippen molar-refractivity contribution in [2.75, 3.05) is 0 Å². The van der Waals surface area contributed by atoms with E-state index in [1.807, 2.05) is 12.0 Å². The van der Waals surface area contributed by atoms with E-state index in [9.17, 15) is 0 Å². The van der Waals surface area contributed by atoms with E-state index in [1.54, 1.807) is 30.4 Å². The monoisotopic (exact) mass is 1150 g/mol. The van der Waals surface area contributed by atoms with Gasteiger partial charge < -0.3 is 32.0 Å². The van der Waals surface area contributed by atoms with E-state index in [4.69, 9.17) is 0 Å². The van der Waals surface area contributed by atoms with Crippen molar-refractivity contribution in [2.24, 2.45) is 53.3 Å². The van der Waals surface area contributed by atoms with Gasteiger partial charge in [-0.15, -0.1) is 0 Å². The SMILES string of the molecule is Brc1ccc2c(c1)c1cc(Br)ccc1n2-c1ccccc1.C1[C-]2CC3CC1CC(C2)C3.[Br-].[Mg+2].c1ccc(-n2c3ccc(C45CC6CC(CC(C6)C4)C5)cc3c3cc(C45CC6CC(CC(C6)C4)C5)ccc32)cc1. The van der Waals surface area contributed by atoms with Crippen LogP contribution in [0.2, 0.25) is 0 Å². The van der Waals surface area contributed by atoms with Crippen LogP contribution in [0.1, 0.15) is 127 Å². The Balaban J connectivity index is 0.000000127. The van der Waals surface area contributed by atoms with Crippen molar-refractivity contribution in [3.8, 4) is 11.4 Å².